The number of piperidine rings is 1. The Labute approximate surface area is 79.6 Å². The summed E-state index contributed by atoms with van der Waals surface area (Å²) in [6.07, 6.45) is 4.73. The third-order valence-corrected chi connectivity index (χ3v) is 2.32. The first-order chi connectivity index (χ1) is 6.33. The van der Waals surface area contributed by atoms with Crippen molar-refractivity contribution < 1.29 is 4.79 Å². The normalized spacial score (nSPS) is 22.3. The summed E-state index contributed by atoms with van der Waals surface area (Å²) in [5.41, 5.74) is 0. The van der Waals surface area contributed by atoms with Crippen molar-refractivity contribution in [3.8, 4) is 0 Å². The van der Waals surface area contributed by atoms with Crippen molar-refractivity contribution in [3.63, 3.8) is 0 Å². The molecule has 2 N–H and O–H groups in total. The van der Waals surface area contributed by atoms with E-state index in [9.17, 15) is 4.79 Å². The third-order valence-electron chi connectivity index (χ3n) is 2.32. The Kier molecular flexibility index (Phi) is 4.54. The molecule has 1 amide bonds. The zero-order valence-corrected chi connectivity index (χ0v) is 8.01. The first kappa shape index (κ1) is 10.3. The predicted octanol–water partition coefficient (Wildman–Crippen LogP) is 0.678. The third kappa shape index (κ3) is 4.08. The molecular weight excluding hydrogens is 164 g/mol. The zero-order chi connectivity index (χ0) is 9.52. The molecule has 0 aromatic carbocycles. The fourth-order valence-corrected chi connectivity index (χ4v) is 1.62. The average molecular weight is 182 g/mol. The van der Waals surface area contributed by atoms with Crippen molar-refractivity contribution in [1.29, 1.82) is 0 Å². The summed E-state index contributed by atoms with van der Waals surface area (Å²) in [5, 5.41) is 6.09. The summed E-state index contributed by atoms with van der Waals surface area (Å²) in [6.45, 7) is 6.22. The van der Waals surface area contributed by atoms with Crippen molar-refractivity contribution in [3.05, 3.63) is 12.7 Å². The van der Waals surface area contributed by atoms with Crippen LogP contribution in [0, 0.1) is 5.92 Å². The molecule has 1 heterocycles. The topological polar surface area (TPSA) is 41.1 Å². The Balaban J connectivity index is 2.14. The van der Waals surface area contributed by atoms with Crippen molar-refractivity contribution >= 4 is 5.91 Å². The number of carbonyl (C=O) groups is 1. The lowest BCUT2D eigenvalue weighted by Gasteiger charge is -2.21. The second-order valence-electron chi connectivity index (χ2n) is 3.51. The van der Waals surface area contributed by atoms with Crippen LogP contribution in [0.15, 0.2) is 12.7 Å². The van der Waals surface area contributed by atoms with E-state index < -0.39 is 0 Å². The van der Waals surface area contributed by atoms with E-state index in [1.165, 1.54) is 12.8 Å². The van der Waals surface area contributed by atoms with Crippen LogP contribution < -0.4 is 10.6 Å². The quantitative estimate of drug-likeness (QED) is 0.628. The summed E-state index contributed by atoms with van der Waals surface area (Å²) in [4.78, 5) is 11.3. The molecule has 74 valence electrons. The summed E-state index contributed by atoms with van der Waals surface area (Å²) in [5.74, 6) is 0.673. The first-order valence-corrected chi connectivity index (χ1v) is 4.91. The second-order valence-corrected chi connectivity index (χ2v) is 3.51. The highest BCUT2D eigenvalue weighted by molar-refractivity contribution is 5.76. The number of hydrogen-bond donors (Lipinski definition) is 2. The van der Waals surface area contributed by atoms with Gasteiger partial charge in [-0.1, -0.05) is 6.08 Å². The van der Waals surface area contributed by atoms with Gasteiger partial charge in [-0.2, -0.15) is 0 Å². The largest absolute Gasteiger partial charge is 0.353 e. The molecule has 1 rings (SSSR count). The van der Waals surface area contributed by atoms with Crippen LogP contribution in [0.3, 0.4) is 0 Å². The van der Waals surface area contributed by atoms with Crippen LogP contribution in [0.4, 0.5) is 0 Å². The lowest BCUT2D eigenvalue weighted by atomic mass is 9.96. The number of rotatable bonds is 4. The molecule has 0 aliphatic carbocycles. The molecule has 1 atom stereocenters. The van der Waals surface area contributed by atoms with Gasteiger partial charge in [-0.05, 0) is 31.8 Å². The summed E-state index contributed by atoms with van der Waals surface area (Å²) in [7, 11) is 0. The van der Waals surface area contributed by atoms with Gasteiger partial charge < -0.3 is 10.6 Å². The van der Waals surface area contributed by atoms with E-state index in [2.05, 4.69) is 17.2 Å². The van der Waals surface area contributed by atoms with Gasteiger partial charge in [0.2, 0.25) is 5.91 Å². The molecule has 0 radical (unpaired) electrons. The van der Waals surface area contributed by atoms with E-state index in [0.29, 0.717) is 18.9 Å². The fraction of sp³-hybridized carbons (Fsp3) is 0.700. The van der Waals surface area contributed by atoms with Crippen LogP contribution in [0.1, 0.15) is 19.3 Å². The van der Waals surface area contributed by atoms with Gasteiger partial charge in [0.1, 0.15) is 0 Å². The van der Waals surface area contributed by atoms with Gasteiger partial charge in [-0.15, -0.1) is 6.58 Å². The molecule has 1 unspecified atom stereocenters. The predicted molar refractivity (Wildman–Crippen MR) is 53.4 cm³/mol. The minimum atomic E-state index is 0.147. The van der Waals surface area contributed by atoms with Crippen molar-refractivity contribution in [2.24, 2.45) is 5.92 Å². The van der Waals surface area contributed by atoms with E-state index in [4.69, 9.17) is 0 Å². The standard InChI is InChI=1S/C10H18N2O/c1-2-5-12-10(13)7-9-4-3-6-11-8-9/h2,9,11H,1,3-8H2,(H,12,13). The summed E-state index contributed by atoms with van der Waals surface area (Å²) in [6, 6.07) is 0. The zero-order valence-electron chi connectivity index (χ0n) is 8.01. The van der Waals surface area contributed by atoms with Crippen molar-refractivity contribution in [1.82, 2.24) is 10.6 Å². The number of carbonyl (C=O) groups excluding carboxylic acids is 1. The highest BCUT2D eigenvalue weighted by atomic mass is 16.1. The molecule has 0 saturated carbocycles. The Morgan fingerprint density at radius 1 is 1.69 bits per heavy atom. The monoisotopic (exact) mass is 182 g/mol. The lowest BCUT2D eigenvalue weighted by Crippen LogP contribution is -2.34. The van der Waals surface area contributed by atoms with Gasteiger partial charge in [0.25, 0.3) is 0 Å². The molecule has 1 saturated heterocycles. The minimum Gasteiger partial charge on any atom is -0.353 e. The van der Waals surface area contributed by atoms with E-state index in [1.54, 1.807) is 6.08 Å². The van der Waals surface area contributed by atoms with Crippen LogP contribution in [-0.2, 0) is 4.79 Å². The van der Waals surface area contributed by atoms with Gasteiger partial charge in [-0.25, -0.2) is 0 Å². The average Bonchev–Trinajstić information content (AvgIpc) is 2.16. The van der Waals surface area contributed by atoms with E-state index in [-0.39, 0.29) is 5.91 Å². The Bertz CT molecular complexity index is 174. The van der Waals surface area contributed by atoms with Gasteiger partial charge in [0, 0.05) is 13.0 Å². The summed E-state index contributed by atoms with van der Waals surface area (Å²) >= 11 is 0. The Morgan fingerprint density at radius 2 is 2.54 bits per heavy atom. The van der Waals surface area contributed by atoms with E-state index in [0.717, 1.165) is 13.1 Å². The highest BCUT2D eigenvalue weighted by Crippen LogP contribution is 2.13. The van der Waals surface area contributed by atoms with Crippen molar-refractivity contribution in [2.75, 3.05) is 19.6 Å². The molecule has 1 aliphatic heterocycles. The van der Waals surface area contributed by atoms with E-state index >= 15 is 0 Å². The molecule has 1 fully saturated rings. The lowest BCUT2D eigenvalue weighted by molar-refractivity contribution is -0.121. The highest BCUT2D eigenvalue weighted by Gasteiger charge is 2.15. The summed E-state index contributed by atoms with van der Waals surface area (Å²) < 4.78 is 0. The number of amides is 1. The molecule has 3 nitrogen and oxygen atoms in total. The van der Waals surface area contributed by atoms with E-state index in [1.807, 2.05) is 0 Å². The first-order valence-electron chi connectivity index (χ1n) is 4.91. The van der Waals surface area contributed by atoms with Gasteiger partial charge in [0.15, 0.2) is 0 Å². The SMILES string of the molecule is C=CCNC(=O)CC1CCCNC1. The molecule has 0 bridgehead atoms. The second kappa shape index (κ2) is 5.75. The number of nitrogens with one attached hydrogen (secondary N) is 2. The Hall–Kier alpha value is -0.830. The molecule has 1 aliphatic rings. The maximum absolute atomic E-state index is 11.3. The van der Waals surface area contributed by atoms with Crippen LogP contribution in [0.5, 0.6) is 0 Å². The molecular formula is C10H18N2O. The molecule has 0 aromatic rings. The van der Waals surface area contributed by atoms with Gasteiger partial charge >= 0.3 is 0 Å². The molecule has 3 heteroatoms. The fourth-order valence-electron chi connectivity index (χ4n) is 1.62. The minimum absolute atomic E-state index is 0.147. The van der Waals surface area contributed by atoms with Gasteiger partial charge in [0.05, 0.1) is 0 Å². The van der Waals surface area contributed by atoms with Gasteiger partial charge in [-0.3, -0.25) is 4.79 Å². The maximum atomic E-state index is 11.3. The number of hydrogen-bond acceptors (Lipinski definition) is 2. The molecule has 13 heavy (non-hydrogen) atoms. The van der Waals surface area contributed by atoms with Crippen LogP contribution >= 0.6 is 0 Å². The smallest absolute Gasteiger partial charge is 0.220 e. The van der Waals surface area contributed by atoms with Crippen LogP contribution in [-0.4, -0.2) is 25.5 Å². The molecule has 0 spiro atoms. The Morgan fingerprint density at radius 3 is 3.15 bits per heavy atom. The van der Waals surface area contributed by atoms with Crippen LogP contribution in [0.25, 0.3) is 0 Å². The van der Waals surface area contributed by atoms with Crippen LogP contribution in [0.2, 0.25) is 0 Å². The van der Waals surface area contributed by atoms with Crippen molar-refractivity contribution in [2.45, 2.75) is 19.3 Å². The molecule has 0 aromatic heterocycles. The maximum Gasteiger partial charge on any atom is 0.220 e.